The molecule has 0 fully saturated rings. The van der Waals surface area contributed by atoms with E-state index in [0.717, 1.165) is 25.7 Å². The molecule has 0 spiro atoms. The molecule has 0 aromatic heterocycles. The van der Waals surface area contributed by atoms with Gasteiger partial charge in [0.25, 0.3) is 0 Å². The normalized spacial score (nSPS) is 12.1. The van der Waals surface area contributed by atoms with Crippen LogP contribution < -0.4 is 0 Å². The molecule has 0 aliphatic carbocycles. The van der Waals surface area contributed by atoms with Gasteiger partial charge in [0.2, 0.25) is 0 Å². The van der Waals surface area contributed by atoms with Gasteiger partial charge in [-0.1, -0.05) is 33.1 Å². The number of esters is 1. The summed E-state index contributed by atoms with van der Waals surface area (Å²) in [4.78, 5) is 10.9. The SMILES string of the molecule is C=C(O)C(=O)OCC(CC)CCCC. The molecular formula is C11H20O3. The van der Waals surface area contributed by atoms with Crippen LogP contribution in [0.3, 0.4) is 0 Å². The first kappa shape index (κ1) is 13.0. The van der Waals surface area contributed by atoms with Gasteiger partial charge in [0.15, 0.2) is 5.76 Å². The molecule has 1 atom stereocenters. The summed E-state index contributed by atoms with van der Waals surface area (Å²) in [6.45, 7) is 7.69. The molecule has 3 heteroatoms. The van der Waals surface area contributed by atoms with Gasteiger partial charge in [0, 0.05) is 0 Å². The van der Waals surface area contributed by atoms with Crippen molar-refractivity contribution in [1.29, 1.82) is 0 Å². The van der Waals surface area contributed by atoms with Crippen LogP contribution in [-0.2, 0) is 9.53 Å². The van der Waals surface area contributed by atoms with E-state index in [1.807, 2.05) is 0 Å². The zero-order valence-electron chi connectivity index (χ0n) is 9.08. The van der Waals surface area contributed by atoms with E-state index in [-0.39, 0.29) is 0 Å². The third-order valence-electron chi connectivity index (χ3n) is 2.23. The second-order valence-electron chi connectivity index (χ2n) is 3.46. The Morgan fingerprint density at radius 2 is 2.14 bits per heavy atom. The van der Waals surface area contributed by atoms with E-state index in [1.54, 1.807) is 0 Å². The summed E-state index contributed by atoms with van der Waals surface area (Å²) >= 11 is 0. The summed E-state index contributed by atoms with van der Waals surface area (Å²) in [5.41, 5.74) is 0. The van der Waals surface area contributed by atoms with Crippen LogP contribution in [0.5, 0.6) is 0 Å². The maximum atomic E-state index is 10.9. The van der Waals surface area contributed by atoms with Gasteiger partial charge in [-0.3, -0.25) is 0 Å². The number of aliphatic hydroxyl groups excluding tert-OH is 1. The molecule has 1 unspecified atom stereocenters. The van der Waals surface area contributed by atoms with Gasteiger partial charge in [-0.05, 0) is 18.9 Å². The molecule has 14 heavy (non-hydrogen) atoms. The predicted molar refractivity (Wildman–Crippen MR) is 56.0 cm³/mol. The largest absolute Gasteiger partial charge is 0.502 e. The summed E-state index contributed by atoms with van der Waals surface area (Å²) in [5.74, 6) is -0.825. The van der Waals surface area contributed by atoms with Crippen LogP contribution in [-0.4, -0.2) is 17.7 Å². The molecule has 0 amide bonds. The molecule has 0 bridgehead atoms. The lowest BCUT2D eigenvalue weighted by molar-refractivity contribution is -0.143. The Morgan fingerprint density at radius 3 is 2.57 bits per heavy atom. The van der Waals surface area contributed by atoms with Crippen LogP contribution in [0.1, 0.15) is 39.5 Å². The summed E-state index contributed by atoms with van der Waals surface area (Å²) in [5, 5.41) is 8.71. The number of ether oxygens (including phenoxy) is 1. The van der Waals surface area contributed by atoms with Gasteiger partial charge in [0.05, 0.1) is 6.61 Å². The fourth-order valence-electron chi connectivity index (χ4n) is 1.17. The van der Waals surface area contributed by atoms with Crippen molar-refractivity contribution in [2.45, 2.75) is 39.5 Å². The van der Waals surface area contributed by atoms with Crippen molar-refractivity contribution in [3.8, 4) is 0 Å². The molecule has 0 aliphatic heterocycles. The third-order valence-corrected chi connectivity index (χ3v) is 2.23. The minimum atomic E-state index is -0.708. The fourth-order valence-corrected chi connectivity index (χ4v) is 1.17. The molecule has 0 aromatic carbocycles. The lowest BCUT2D eigenvalue weighted by atomic mass is 10.0. The molecular weight excluding hydrogens is 180 g/mol. The van der Waals surface area contributed by atoms with Crippen LogP contribution in [0.25, 0.3) is 0 Å². The zero-order chi connectivity index (χ0) is 11.0. The average molecular weight is 200 g/mol. The second kappa shape index (κ2) is 7.42. The Kier molecular flexibility index (Phi) is 6.89. The molecule has 0 heterocycles. The lowest BCUT2D eigenvalue weighted by Crippen LogP contribution is -2.14. The van der Waals surface area contributed by atoms with Crippen LogP contribution >= 0.6 is 0 Å². The molecule has 0 rings (SSSR count). The minimum absolute atomic E-state index is 0.384. The van der Waals surface area contributed by atoms with Crippen LogP contribution in [0, 0.1) is 5.92 Å². The van der Waals surface area contributed by atoms with E-state index in [1.165, 1.54) is 0 Å². The highest BCUT2D eigenvalue weighted by Crippen LogP contribution is 2.13. The smallest absolute Gasteiger partial charge is 0.372 e. The number of carbonyl (C=O) groups is 1. The topological polar surface area (TPSA) is 46.5 Å². The summed E-state index contributed by atoms with van der Waals surface area (Å²) in [6, 6.07) is 0. The van der Waals surface area contributed by atoms with Crippen LogP contribution in [0.2, 0.25) is 0 Å². The van der Waals surface area contributed by atoms with Gasteiger partial charge in [-0.15, -0.1) is 0 Å². The van der Waals surface area contributed by atoms with Gasteiger partial charge in [0.1, 0.15) is 0 Å². The van der Waals surface area contributed by atoms with E-state index >= 15 is 0 Å². The third kappa shape index (κ3) is 5.62. The summed E-state index contributed by atoms with van der Waals surface area (Å²) < 4.78 is 4.87. The molecule has 0 aromatic rings. The summed E-state index contributed by atoms with van der Waals surface area (Å²) in [6.07, 6.45) is 4.36. The quantitative estimate of drug-likeness (QED) is 0.390. The first-order valence-corrected chi connectivity index (χ1v) is 5.16. The molecule has 0 saturated carbocycles. The van der Waals surface area contributed by atoms with Gasteiger partial charge >= 0.3 is 5.97 Å². The number of unbranched alkanes of at least 4 members (excludes halogenated alkanes) is 1. The number of aliphatic hydroxyl groups is 1. The van der Waals surface area contributed by atoms with Crippen molar-refractivity contribution >= 4 is 5.97 Å². The Labute approximate surface area is 85.8 Å². The molecule has 0 saturated heterocycles. The fraction of sp³-hybridized carbons (Fsp3) is 0.727. The Balaban J connectivity index is 3.71. The average Bonchev–Trinajstić information content (AvgIpc) is 2.17. The number of hydrogen-bond donors (Lipinski definition) is 1. The number of rotatable bonds is 7. The van der Waals surface area contributed by atoms with E-state index < -0.39 is 11.7 Å². The highest BCUT2D eigenvalue weighted by Gasteiger charge is 2.11. The van der Waals surface area contributed by atoms with Crippen molar-refractivity contribution in [3.05, 3.63) is 12.3 Å². The monoisotopic (exact) mass is 200 g/mol. The van der Waals surface area contributed by atoms with Gasteiger partial charge in [-0.2, -0.15) is 0 Å². The second-order valence-corrected chi connectivity index (χ2v) is 3.46. The van der Waals surface area contributed by atoms with E-state index in [2.05, 4.69) is 20.4 Å². The van der Waals surface area contributed by atoms with Crippen molar-refractivity contribution in [1.82, 2.24) is 0 Å². The Bertz CT molecular complexity index is 187. The van der Waals surface area contributed by atoms with Gasteiger partial charge in [-0.25, -0.2) is 4.79 Å². The van der Waals surface area contributed by atoms with E-state index in [9.17, 15) is 4.79 Å². The summed E-state index contributed by atoms with van der Waals surface area (Å²) in [7, 11) is 0. The van der Waals surface area contributed by atoms with Crippen molar-refractivity contribution < 1.29 is 14.6 Å². The molecule has 0 aliphatic rings. The maximum absolute atomic E-state index is 10.9. The van der Waals surface area contributed by atoms with Crippen LogP contribution in [0.15, 0.2) is 12.3 Å². The van der Waals surface area contributed by atoms with E-state index in [0.29, 0.717) is 12.5 Å². The number of hydrogen-bond acceptors (Lipinski definition) is 3. The molecule has 1 N–H and O–H groups in total. The van der Waals surface area contributed by atoms with Crippen molar-refractivity contribution in [2.24, 2.45) is 5.92 Å². The van der Waals surface area contributed by atoms with Gasteiger partial charge < -0.3 is 9.84 Å². The lowest BCUT2D eigenvalue weighted by Gasteiger charge is -2.13. The number of carbonyl (C=O) groups excluding carboxylic acids is 1. The highest BCUT2D eigenvalue weighted by molar-refractivity contribution is 5.84. The Hall–Kier alpha value is -0.990. The minimum Gasteiger partial charge on any atom is -0.502 e. The highest BCUT2D eigenvalue weighted by atomic mass is 16.5. The standard InChI is InChI=1S/C11H20O3/c1-4-6-7-10(5-2)8-14-11(13)9(3)12/h10,12H,3-8H2,1-2H3. The predicted octanol–water partition coefficient (Wildman–Crippen LogP) is 2.82. The zero-order valence-corrected chi connectivity index (χ0v) is 9.08. The van der Waals surface area contributed by atoms with E-state index in [4.69, 9.17) is 9.84 Å². The molecule has 82 valence electrons. The van der Waals surface area contributed by atoms with Crippen molar-refractivity contribution in [2.75, 3.05) is 6.61 Å². The maximum Gasteiger partial charge on any atom is 0.372 e. The molecule has 3 nitrogen and oxygen atoms in total. The Morgan fingerprint density at radius 1 is 1.50 bits per heavy atom. The molecule has 0 radical (unpaired) electrons. The van der Waals surface area contributed by atoms with Crippen LogP contribution in [0.4, 0.5) is 0 Å². The van der Waals surface area contributed by atoms with Crippen molar-refractivity contribution in [3.63, 3.8) is 0 Å². The first-order valence-electron chi connectivity index (χ1n) is 5.16. The first-order chi connectivity index (χ1) is 6.61.